The third-order valence-corrected chi connectivity index (χ3v) is 3.56. The first-order valence-electron chi connectivity index (χ1n) is 5.61. The van der Waals surface area contributed by atoms with E-state index in [4.69, 9.17) is 10.9 Å². The molecule has 0 spiro atoms. The minimum atomic E-state index is -3.39. The number of hydrogen-bond donors (Lipinski definition) is 3. The van der Waals surface area contributed by atoms with Crippen LogP contribution in [-0.4, -0.2) is 57.2 Å². The number of likely N-dealkylation sites (tertiary alicyclic amines) is 1. The van der Waals surface area contributed by atoms with Crippen molar-refractivity contribution < 1.29 is 13.2 Å². The van der Waals surface area contributed by atoms with Crippen molar-refractivity contribution in [2.45, 2.75) is 18.9 Å². The van der Waals surface area contributed by atoms with Gasteiger partial charge in [-0.15, -0.1) is 0 Å². The lowest BCUT2D eigenvalue weighted by Crippen LogP contribution is -2.46. The van der Waals surface area contributed by atoms with Crippen LogP contribution in [0.4, 0.5) is 0 Å². The van der Waals surface area contributed by atoms with Crippen molar-refractivity contribution in [2.75, 3.05) is 31.9 Å². The van der Waals surface area contributed by atoms with Crippen molar-refractivity contribution in [1.29, 1.82) is 0 Å². The Hall–Kier alpha value is -0.700. The van der Waals surface area contributed by atoms with E-state index in [-0.39, 0.29) is 11.7 Å². The van der Waals surface area contributed by atoms with Gasteiger partial charge in [-0.2, -0.15) is 0 Å². The quantitative estimate of drug-likeness (QED) is 0.504. The van der Waals surface area contributed by atoms with E-state index >= 15 is 0 Å². The van der Waals surface area contributed by atoms with Gasteiger partial charge in [0.25, 0.3) is 0 Å². The molecule has 1 aliphatic rings. The highest BCUT2D eigenvalue weighted by Gasteiger charge is 2.19. The van der Waals surface area contributed by atoms with E-state index in [2.05, 4.69) is 5.32 Å². The number of nitrogens with one attached hydrogen (secondary N) is 1. The van der Waals surface area contributed by atoms with Crippen LogP contribution in [0, 0.1) is 0 Å². The molecule has 7 nitrogen and oxygen atoms in total. The van der Waals surface area contributed by atoms with Gasteiger partial charge < -0.3 is 11.1 Å². The summed E-state index contributed by atoms with van der Waals surface area (Å²) in [6, 6.07) is 0.292. The molecule has 1 rings (SSSR count). The van der Waals surface area contributed by atoms with Crippen molar-refractivity contribution in [3.63, 3.8) is 0 Å². The molecule has 1 aliphatic heterocycles. The van der Waals surface area contributed by atoms with Crippen LogP contribution in [-0.2, 0) is 14.8 Å². The normalized spacial score (nSPS) is 19.4. The number of carbonyl (C=O) groups excluding carboxylic acids is 1. The summed E-state index contributed by atoms with van der Waals surface area (Å²) >= 11 is 0. The topological polar surface area (TPSA) is 119 Å². The smallest absolute Gasteiger partial charge is 0.231 e. The van der Waals surface area contributed by atoms with Crippen LogP contribution in [0.3, 0.4) is 0 Å². The fourth-order valence-corrected chi connectivity index (χ4v) is 2.32. The average Bonchev–Trinajstić information content (AvgIpc) is 2.18. The molecule has 0 radical (unpaired) electrons. The van der Waals surface area contributed by atoms with Crippen LogP contribution >= 0.6 is 0 Å². The van der Waals surface area contributed by atoms with Gasteiger partial charge in [0, 0.05) is 25.7 Å². The summed E-state index contributed by atoms with van der Waals surface area (Å²) in [6.45, 7) is 2.27. The second kappa shape index (κ2) is 6.29. The largest absolute Gasteiger partial charge is 0.369 e. The minimum Gasteiger partial charge on any atom is -0.369 e. The molecule has 1 amide bonds. The number of sulfonamides is 1. The average molecular weight is 264 g/mol. The highest BCUT2D eigenvalue weighted by atomic mass is 32.2. The first-order valence-corrected chi connectivity index (χ1v) is 7.33. The first kappa shape index (κ1) is 14.4. The van der Waals surface area contributed by atoms with Gasteiger partial charge in [0.15, 0.2) is 0 Å². The number of rotatable bonds is 6. The third kappa shape index (κ3) is 6.57. The molecule has 100 valence electrons. The van der Waals surface area contributed by atoms with Crippen molar-refractivity contribution in [3.05, 3.63) is 0 Å². The number of nitrogens with zero attached hydrogens (tertiary/aromatic N) is 1. The van der Waals surface area contributed by atoms with Gasteiger partial charge in [-0.25, -0.2) is 13.6 Å². The zero-order valence-electron chi connectivity index (χ0n) is 9.76. The van der Waals surface area contributed by atoms with E-state index in [0.29, 0.717) is 19.1 Å². The molecular weight excluding hydrogens is 244 g/mol. The maximum atomic E-state index is 10.7. The molecule has 5 N–H and O–H groups in total. The number of carbonyl (C=O) groups is 1. The number of hydrogen-bond acceptors (Lipinski definition) is 5. The Morgan fingerprint density at radius 2 is 1.94 bits per heavy atom. The Bertz CT molecular complexity index is 349. The number of amides is 1. The van der Waals surface area contributed by atoms with Crippen molar-refractivity contribution in [1.82, 2.24) is 10.2 Å². The monoisotopic (exact) mass is 264 g/mol. The second-order valence-corrected chi connectivity index (χ2v) is 6.07. The Kier molecular flexibility index (Phi) is 5.31. The molecule has 0 aromatic rings. The lowest BCUT2D eigenvalue weighted by molar-refractivity contribution is -0.119. The maximum absolute atomic E-state index is 10.7. The Morgan fingerprint density at radius 1 is 1.35 bits per heavy atom. The summed E-state index contributed by atoms with van der Waals surface area (Å²) < 4.78 is 21.4. The summed E-state index contributed by atoms with van der Waals surface area (Å²) in [4.78, 5) is 12.7. The highest BCUT2D eigenvalue weighted by Crippen LogP contribution is 2.09. The van der Waals surface area contributed by atoms with E-state index in [1.807, 2.05) is 4.90 Å². The van der Waals surface area contributed by atoms with Crippen LogP contribution in [0.25, 0.3) is 0 Å². The molecule has 0 unspecified atom stereocenters. The predicted molar refractivity (Wildman–Crippen MR) is 64.6 cm³/mol. The summed E-state index contributed by atoms with van der Waals surface area (Å²) in [6.07, 6.45) is 1.77. The van der Waals surface area contributed by atoms with Gasteiger partial charge in [-0.1, -0.05) is 0 Å². The predicted octanol–water partition coefficient (Wildman–Crippen LogP) is -2.19. The summed E-state index contributed by atoms with van der Waals surface area (Å²) in [7, 11) is -3.39. The summed E-state index contributed by atoms with van der Waals surface area (Å²) in [5.74, 6) is -0.361. The van der Waals surface area contributed by atoms with E-state index in [1.54, 1.807) is 0 Å². The van der Waals surface area contributed by atoms with Crippen LogP contribution in [0.1, 0.15) is 12.8 Å². The van der Waals surface area contributed by atoms with Gasteiger partial charge in [-0.3, -0.25) is 9.69 Å². The number of primary amides is 1. The Labute approximate surface area is 102 Å². The van der Waals surface area contributed by atoms with Gasteiger partial charge in [0.2, 0.25) is 15.9 Å². The SMILES string of the molecule is NC(=O)CN1CCC(NCCS(N)(=O)=O)CC1. The molecule has 1 fully saturated rings. The number of nitrogens with two attached hydrogens (primary N) is 2. The molecule has 1 heterocycles. The molecule has 17 heavy (non-hydrogen) atoms. The third-order valence-electron chi connectivity index (χ3n) is 2.79. The second-order valence-electron chi connectivity index (χ2n) is 4.34. The molecule has 8 heteroatoms. The summed E-state index contributed by atoms with van der Waals surface area (Å²) in [5, 5.41) is 8.05. The zero-order valence-corrected chi connectivity index (χ0v) is 10.6. The molecule has 0 saturated carbocycles. The number of primary sulfonamides is 1. The van der Waals surface area contributed by atoms with Crippen molar-refractivity contribution in [2.24, 2.45) is 10.9 Å². The maximum Gasteiger partial charge on any atom is 0.231 e. The van der Waals surface area contributed by atoms with E-state index in [9.17, 15) is 13.2 Å². The van der Waals surface area contributed by atoms with Crippen LogP contribution in [0.15, 0.2) is 0 Å². The standard InChI is InChI=1S/C9H20N4O3S/c10-9(14)7-13-4-1-8(2-5-13)12-3-6-17(11,15)16/h8,12H,1-7H2,(H2,10,14)(H2,11,15,16). The molecule has 0 atom stereocenters. The van der Waals surface area contributed by atoms with Crippen molar-refractivity contribution in [3.8, 4) is 0 Å². The fourth-order valence-electron chi connectivity index (χ4n) is 1.92. The fraction of sp³-hybridized carbons (Fsp3) is 0.889. The van der Waals surface area contributed by atoms with Crippen LogP contribution < -0.4 is 16.2 Å². The van der Waals surface area contributed by atoms with E-state index < -0.39 is 10.0 Å². The molecule has 0 aromatic carbocycles. The lowest BCUT2D eigenvalue weighted by atomic mass is 10.1. The van der Waals surface area contributed by atoms with E-state index in [1.165, 1.54) is 0 Å². The molecular formula is C9H20N4O3S. The number of piperidine rings is 1. The Balaban J connectivity index is 2.17. The van der Waals surface area contributed by atoms with Gasteiger partial charge >= 0.3 is 0 Å². The van der Waals surface area contributed by atoms with Crippen LogP contribution in [0.5, 0.6) is 0 Å². The Morgan fingerprint density at radius 3 is 2.41 bits per heavy atom. The molecule has 0 aliphatic carbocycles. The molecule has 0 aromatic heterocycles. The first-order chi connectivity index (χ1) is 7.87. The van der Waals surface area contributed by atoms with Gasteiger partial charge in [-0.05, 0) is 12.8 Å². The molecule has 0 bridgehead atoms. The van der Waals surface area contributed by atoms with Gasteiger partial charge in [0.05, 0.1) is 12.3 Å². The lowest BCUT2D eigenvalue weighted by Gasteiger charge is -2.31. The summed E-state index contributed by atoms with van der Waals surface area (Å²) in [5.41, 5.74) is 5.11. The van der Waals surface area contributed by atoms with Crippen molar-refractivity contribution >= 4 is 15.9 Å². The zero-order chi connectivity index (χ0) is 12.9. The minimum absolute atomic E-state index is 0.0471. The highest BCUT2D eigenvalue weighted by molar-refractivity contribution is 7.89. The van der Waals surface area contributed by atoms with Crippen LogP contribution in [0.2, 0.25) is 0 Å². The van der Waals surface area contributed by atoms with E-state index in [0.717, 1.165) is 25.9 Å². The molecule has 1 saturated heterocycles. The van der Waals surface area contributed by atoms with Gasteiger partial charge in [0.1, 0.15) is 0 Å².